The average Bonchev–Trinajstić information content (AvgIpc) is 2.42. The molecule has 4 nitrogen and oxygen atoms in total. The fourth-order valence-electron chi connectivity index (χ4n) is 1.67. The molecule has 1 atom stereocenters. The van der Waals surface area contributed by atoms with E-state index in [4.69, 9.17) is 0 Å². The number of alkyl halides is 3. The van der Waals surface area contributed by atoms with Crippen LogP contribution in [-0.4, -0.2) is 32.3 Å². The summed E-state index contributed by atoms with van der Waals surface area (Å²) in [6, 6.07) is 6.23. The number of hydrogen-bond acceptors (Lipinski definition) is 3. The molecule has 0 saturated carbocycles. The molecule has 1 aromatic rings. The van der Waals surface area contributed by atoms with E-state index in [9.17, 15) is 18.0 Å². The van der Waals surface area contributed by atoms with Crippen molar-refractivity contribution in [2.75, 3.05) is 20.2 Å². The van der Waals surface area contributed by atoms with Gasteiger partial charge in [0.2, 0.25) is 5.91 Å². The highest BCUT2D eigenvalue weighted by atomic mass is 35.5. The lowest BCUT2D eigenvalue weighted by atomic mass is 10.1. The van der Waals surface area contributed by atoms with Crippen LogP contribution in [0.1, 0.15) is 12.5 Å². The maximum absolute atomic E-state index is 12.1. The van der Waals surface area contributed by atoms with E-state index in [1.807, 2.05) is 0 Å². The third-order valence-corrected chi connectivity index (χ3v) is 2.73. The third-order valence-electron chi connectivity index (χ3n) is 2.73. The molecule has 1 unspecified atom stereocenters. The quantitative estimate of drug-likeness (QED) is 0.802. The van der Waals surface area contributed by atoms with E-state index in [2.05, 4.69) is 15.4 Å². The number of carbonyl (C=O) groups is 1. The monoisotopic (exact) mass is 340 g/mol. The number of halogens is 4. The Kier molecular flexibility index (Phi) is 8.89. The molecule has 0 aromatic heterocycles. The molecule has 0 aliphatic carbocycles. The Morgan fingerprint density at radius 2 is 2.05 bits per heavy atom. The highest BCUT2D eigenvalue weighted by Crippen LogP contribution is 2.19. The predicted molar refractivity (Wildman–Crippen MR) is 80.2 cm³/mol. The summed E-state index contributed by atoms with van der Waals surface area (Å²) < 4.78 is 40.9. The van der Waals surface area contributed by atoms with Gasteiger partial charge >= 0.3 is 6.18 Å². The van der Waals surface area contributed by atoms with Crippen molar-refractivity contribution in [1.29, 1.82) is 0 Å². The van der Waals surface area contributed by atoms with Gasteiger partial charge in [-0.3, -0.25) is 4.79 Å². The van der Waals surface area contributed by atoms with Gasteiger partial charge in [-0.1, -0.05) is 19.1 Å². The Bertz CT molecular complexity index is 470. The molecule has 1 amide bonds. The Hall–Kier alpha value is -1.47. The van der Waals surface area contributed by atoms with Crippen LogP contribution in [0.5, 0.6) is 5.75 Å². The predicted octanol–water partition coefficient (Wildman–Crippen LogP) is 2.52. The normalized spacial score (nSPS) is 12.2. The zero-order chi connectivity index (χ0) is 15.9. The molecular weight excluding hydrogens is 321 g/mol. The fraction of sp³-hybridized carbons (Fsp3) is 0.500. The third kappa shape index (κ3) is 8.09. The topological polar surface area (TPSA) is 50.4 Å². The summed E-state index contributed by atoms with van der Waals surface area (Å²) in [7, 11) is 1.76. The van der Waals surface area contributed by atoms with Crippen LogP contribution in [0.25, 0.3) is 0 Å². The molecule has 0 radical (unpaired) electrons. The average molecular weight is 341 g/mol. The molecule has 0 heterocycles. The lowest BCUT2D eigenvalue weighted by molar-refractivity contribution is -0.153. The van der Waals surface area contributed by atoms with Crippen molar-refractivity contribution in [2.24, 2.45) is 5.92 Å². The minimum atomic E-state index is -4.37. The van der Waals surface area contributed by atoms with Crippen molar-refractivity contribution in [3.63, 3.8) is 0 Å². The van der Waals surface area contributed by atoms with E-state index < -0.39 is 12.8 Å². The second-order valence-corrected chi connectivity index (χ2v) is 4.73. The van der Waals surface area contributed by atoms with Gasteiger partial charge in [0.1, 0.15) is 5.75 Å². The molecular formula is C14H20ClF3N2O2. The van der Waals surface area contributed by atoms with Crippen LogP contribution >= 0.6 is 12.4 Å². The molecule has 0 aliphatic rings. The summed E-state index contributed by atoms with van der Waals surface area (Å²) in [5.41, 5.74) is 0.680. The molecule has 22 heavy (non-hydrogen) atoms. The second kappa shape index (κ2) is 9.53. The van der Waals surface area contributed by atoms with E-state index >= 15 is 0 Å². The molecule has 1 rings (SSSR count). The first kappa shape index (κ1) is 20.5. The highest BCUT2D eigenvalue weighted by Gasteiger charge is 2.28. The van der Waals surface area contributed by atoms with Gasteiger partial charge in [-0.05, 0) is 24.7 Å². The van der Waals surface area contributed by atoms with Crippen LogP contribution in [0.15, 0.2) is 24.3 Å². The van der Waals surface area contributed by atoms with Gasteiger partial charge in [0.15, 0.2) is 6.61 Å². The first-order valence-corrected chi connectivity index (χ1v) is 6.52. The van der Waals surface area contributed by atoms with Gasteiger partial charge in [0.05, 0.1) is 0 Å². The van der Waals surface area contributed by atoms with Gasteiger partial charge in [0.25, 0.3) is 0 Å². The molecule has 8 heteroatoms. The van der Waals surface area contributed by atoms with Crippen LogP contribution in [0.3, 0.4) is 0 Å². The minimum Gasteiger partial charge on any atom is -0.484 e. The van der Waals surface area contributed by atoms with Crippen LogP contribution in [0.2, 0.25) is 0 Å². The summed E-state index contributed by atoms with van der Waals surface area (Å²) in [5, 5.41) is 5.63. The van der Waals surface area contributed by atoms with Gasteiger partial charge in [-0.25, -0.2) is 0 Å². The standard InChI is InChI=1S/C14H19F3N2O2.ClH/c1-10(7-18-2)13(20)19-8-11-4-3-5-12(6-11)21-9-14(15,16)17;/h3-6,10,18H,7-9H2,1-2H3,(H,19,20);1H. The van der Waals surface area contributed by atoms with Crippen molar-refractivity contribution >= 4 is 18.3 Å². The maximum Gasteiger partial charge on any atom is 0.422 e. The summed E-state index contributed by atoms with van der Waals surface area (Å²) in [6.07, 6.45) is -4.37. The molecule has 0 spiro atoms. The van der Waals surface area contributed by atoms with Crippen molar-refractivity contribution in [1.82, 2.24) is 10.6 Å². The molecule has 0 aliphatic heterocycles. The highest BCUT2D eigenvalue weighted by molar-refractivity contribution is 5.85. The summed E-state index contributed by atoms with van der Waals surface area (Å²) >= 11 is 0. The van der Waals surface area contributed by atoms with E-state index in [-0.39, 0.29) is 36.5 Å². The van der Waals surface area contributed by atoms with Gasteiger partial charge in [-0.2, -0.15) is 13.2 Å². The number of hydrogen-bond donors (Lipinski definition) is 2. The molecule has 2 N–H and O–H groups in total. The number of nitrogens with one attached hydrogen (secondary N) is 2. The number of carbonyl (C=O) groups excluding carboxylic acids is 1. The van der Waals surface area contributed by atoms with Gasteiger partial charge in [0, 0.05) is 19.0 Å². The molecule has 1 aromatic carbocycles. The molecule has 0 saturated heterocycles. The largest absolute Gasteiger partial charge is 0.484 e. The van der Waals surface area contributed by atoms with Crippen LogP contribution < -0.4 is 15.4 Å². The number of benzene rings is 1. The Morgan fingerprint density at radius 1 is 1.36 bits per heavy atom. The van der Waals surface area contributed by atoms with E-state index in [0.717, 1.165) is 0 Å². The minimum absolute atomic E-state index is 0. The molecule has 126 valence electrons. The van der Waals surface area contributed by atoms with E-state index in [1.165, 1.54) is 12.1 Å². The smallest absolute Gasteiger partial charge is 0.422 e. The molecule has 0 bridgehead atoms. The first-order valence-electron chi connectivity index (χ1n) is 6.52. The second-order valence-electron chi connectivity index (χ2n) is 4.73. The van der Waals surface area contributed by atoms with Crippen molar-refractivity contribution in [3.8, 4) is 5.75 Å². The lowest BCUT2D eigenvalue weighted by Crippen LogP contribution is -2.33. The van der Waals surface area contributed by atoms with Gasteiger partial charge in [-0.15, -0.1) is 12.4 Å². The summed E-state index contributed by atoms with van der Waals surface area (Å²) in [4.78, 5) is 11.7. The van der Waals surface area contributed by atoms with Crippen molar-refractivity contribution < 1.29 is 22.7 Å². The Labute approximate surface area is 133 Å². The maximum atomic E-state index is 12.1. The number of ether oxygens (including phenoxy) is 1. The number of amides is 1. The Balaban J connectivity index is 0.00000441. The SMILES string of the molecule is CNCC(C)C(=O)NCc1cccc(OCC(F)(F)F)c1.Cl. The van der Waals surface area contributed by atoms with Crippen molar-refractivity contribution in [3.05, 3.63) is 29.8 Å². The van der Waals surface area contributed by atoms with Gasteiger partial charge < -0.3 is 15.4 Å². The first-order chi connectivity index (χ1) is 9.81. The van der Waals surface area contributed by atoms with Crippen LogP contribution in [0.4, 0.5) is 13.2 Å². The number of rotatable bonds is 7. The van der Waals surface area contributed by atoms with Crippen LogP contribution in [-0.2, 0) is 11.3 Å². The Morgan fingerprint density at radius 3 is 2.64 bits per heavy atom. The summed E-state index contributed by atoms with van der Waals surface area (Å²) in [6.45, 7) is 1.26. The fourth-order valence-corrected chi connectivity index (χ4v) is 1.67. The molecule has 0 fully saturated rings. The zero-order valence-corrected chi connectivity index (χ0v) is 13.2. The van der Waals surface area contributed by atoms with Crippen LogP contribution in [0, 0.1) is 5.92 Å². The summed E-state index contributed by atoms with van der Waals surface area (Å²) in [5.74, 6) is -0.173. The zero-order valence-electron chi connectivity index (χ0n) is 12.4. The van der Waals surface area contributed by atoms with Crippen molar-refractivity contribution in [2.45, 2.75) is 19.6 Å². The van der Waals surface area contributed by atoms with E-state index in [0.29, 0.717) is 12.1 Å². The lowest BCUT2D eigenvalue weighted by Gasteiger charge is -2.13. The van der Waals surface area contributed by atoms with E-state index in [1.54, 1.807) is 26.1 Å².